The molecule has 0 aliphatic heterocycles. The molecule has 1 aromatic carbocycles. The predicted molar refractivity (Wildman–Crippen MR) is 67.1 cm³/mol. The Morgan fingerprint density at radius 3 is 2.84 bits per heavy atom. The Bertz CT molecular complexity index is 619. The number of aromatic nitrogens is 1. The highest BCUT2D eigenvalue weighted by molar-refractivity contribution is 7.98. The monoisotopic (exact) mass is 281 g/mol. The second-order valence-electron chi connectivity index (χ2n) is 3.69. The molecule has 0 fully saturated rings. The number of carboxylic acid groups (broad SMARTS) is 1. The molecule has 0 spiro atoms. The molecule has 0 radical (unpaired) electrons. The number of hydrogen-bond acceptors (Lipinski definition) is 3. The fourth-order valence-electron chi connectivity index (χ4n) is 1.47. The molecule has 0 bridgehead atoms. The van der Waals surface area contributed by atoms with Crippen LogP contribution in [0.15, 0.2) is 41.6 Å². The second-order valence-corrected chi connectivity index (χ2v) is 4.65. The first kappa shape index (κ1) is 13.5. The van der Waals surface area contributed by atoms with Gasteiger partial charge in [0, 0.05) is 17.5 Å². The first-order valence-electron chi connectivity index (χ1n) is 5.33. The van der Waals surface area contributed by atoms with Crippen LogP contribution in [0.1, 0.15) is 15.9 Å². The van der Waals surface area contributed by atoms with Crippen molar-refractivity contribution in [3.63, 3.8) is 0 Å². The van der Waals surface area contributed by atoms with Crippen molar-refractivity contribution in [2.75, 3.05) is 0 Å². The molecule has 6 heteroatoms. The molecule has 0 saturated carbocycles. The Morgan fingerprint density at radius 1 is 1.32 bits per heavy atom. The number of carbonyl (C=O) groups is 1. The number of halogens is 2. The zero-order valence-corrected chi connectivity index (χ0v) is 10.5. The van der Waals surface area contributed by atoms with Gasteiger partial charge in [-0.2, -0.15) is 0 Å². The van der Waals surface area contributed by atoms with E-state index in [1.807, 2.05) is 0 Å². The maximum absolute atomic E-state index is 13.4. The second kappa shape index (κ2) is 5.79. The van der Waals surface area contributed by atoms with Gasteiger partial charge in [0.1, 0.15) is 16.7 Å². The zero-order chi connectivity index (χ0) is 13.8. The lowest BCUT2D eigenvalue weighted by molar-refractivity contribution is 0.0692. The van der Waals surface area contributed by atoms with Crippen molar-refractivity contribution in [1.29, 1.82) is 0 Å². The fourth-order valence-corrected chi connectivity index (χ4v) is 2.43. The van der Waals surface area contributed by atoms with Gasteiger partial charge >= 0.3 is 5.97 Å². The highest BCUT2D eigenvalue weighted by Gasteiger charge is 2.12. The van der Waals surface area contributed by atoms with E-state index in [-0.39, 0.29) is 21.9 Å². The summed E-state index contributed by atoms with van der Waals surface area (Å²) in [6, 6.07) is 6.09. The van der Waals surface area contributed by atoms with Crippen LogP contribution < -0.4 is 0 Å². The molecule has 1 heterocycles. The van der Waals surface area contributed by atoms with Crippen molar-refractivity contribution in [2.24, 2.45) is 0 Å². The molecule has 3 nitrogen and oxygen atoms in total. The summed E-state index contributed by atoms with van der Waals surface area (Å²) < 4.78 is 26.4. The van der Waals surface area contributed by atoms with Crippen LogP contribution in [0.4, 0.5) is 8.78 Å². The van der Waals surface area contributed by atoms with E-state index in [4.69, 9.17) is 5.11 Å². The standard InChI is InChI=1S/C13H9F2NO2S/c14-9-3-4-11(15)8(6-9)7-19-12-10(13(17)18)2-1-5-16-12/h1-6H,7H2,(H,17,18). The van der Waals surface area contributed by atoms with Crippen LogP contribution in [0.2, 0.25) is 0 Å². The largest absolute Gasteiger partial charge is 0.478 e. The third-order valence-electron chi connectivity index (χ3n) is 2.37. The number of nitrogens with zero attached hydrogens (tertiary/aromatic N) is 1. The molecule has 0 aliphatic carbocycles. The van der Waals surface area contributed by atoms with E-state index in [2.05, 4.69) is 4.98 Å². The summed E-state index contributed by atoms with van der Waals surface area (Å²) in [5.41, 5.74) is 0.219. The van der Waals surface area contributed by atoms with Crippen molar-refractivity contribution in [3.8, 4) is 0 Å². The lowest BCUT2D eigenvalue weighted by Gasteiger charge is -2.05. The van der Waals surface area contributed by atoms with Gasteiger partial charge in [-0.3, -0.25) is 0 Å². The van der Waals surface area contributed by atoms with Crippen LogP contribution in [0.3, 0.4) is 0 Å². The van der Waals surface area contributed by atoms with E-state index in [0.717, 1.165) is 30.0 Å². The molecule has 2 aromatic rings. The number of hydrogen-bond donors (Lipinski definition) is 1. The van der Waals surface area contributed by atoms with Crippen molar-refractivity contribution in [1.82, 2.24) is 4.98 Å². The summed E-state index contributed by atoms with van der Waals surface area (Å²) in [7, 11) is 0. The van der Waals surface area contributed by atoms with Crippen LogP contribution in [0, 0.1) is 11.6 Å². The average molecular weight is 281 g/mol. The number of thioether (sulfide) groups is 1. The molecule has 0 amide bonds. The molecule has 1 N–H and O–H groups in total. The Hall–Kier alpha value is -1.95. The Labute approximate surface area is 112 Å². The first-order valence-corrected chi connectivity index (χ1v) is 6.31. The number of carboxylic acids is 1. The maximum Gasteiger partial charge on any atom is 0.338 e. The molecule has 19 heavy (non-hydrogen) atoms. The molecule has 0 aliphatic rings. The Balaban J connectivity index is 2.19. The SMILES string of the molecule is O=C(O)c1cccnc1SCc1cc(F)ccc1F. The Morgan fingerprint density at radius 2 is 2.11 bits per heavy atom. The van der Waals surface area contributed by atoms with Crippen LogP contribution >= 0.6 is 11.8 Å². The number of pyridine rings is 1. The summed E-state index contributed by atoms with van der Waals surface area (Å²) in [5, 5.41) is 9.25. The topological polar surface area (TPSA) is 50.2 Å². The van der Waals surface area contributed by atoms with E-state index < -0.39 is 17.6 Å². The van der Waals surface area contributed by atoms with Gasteiger partial charge in [0.05, 0.1) is 5.56 Å². The molecule has 98 valence electrons. The number of benzene rings is 1. The number of rotatable bonds is 4. The summed E-state index contributed by atoms with van der Waals surface area (Å²) in [6.45, 7) is 0. The van der Waals surface area contributed by atoms with Gasteiger partial charge in [0.15, 0.2) is 0 Å². The normalized spacial score (nSPS) is 10.4. The van der Waals surface area contributed by atoms with Gasteiger partial charge < -0.3 is 5.11 Å². The van der Waals surface area contributed by atoms with Gasteiger partial charge in [-0.15, -0.1) is 11.8 Å². The van der Waals surface area contributed by atoms with E-state index in [1.165, 1.54) is 18.3 Å². The van der Waals surface area contributed by atoms with E-state index in [9.17, 15) is 13.6 Å². The minimum Gasteiger partial charge on any atom is -0.478 e. The molecule has 0 saturated heterocycles. The van der Waals surface area contributed by atoms with E-state index >= 15 is 0 Å². The lowest BCUT2D eigenvalue weighted by atomic mass is 10.2. The predicted octanol–water partition coefficient (Wildman–Crippen LogP) is 3.35. The van der Waals surface area contributed by atoms with Gasteiger partial charge in [0.2, 0.25) is 0 Å². The Kier molecular flexibility index (Phi) is 4.11. The van der Waals surface area contributed by atoms with Crippen LogP contribution in [-0.4, -0.2) is 16.1 Å². The first-order chi connectivity index (χ1) is 9.08. The van der Waals surface area contributed by atoms with Gasteiger partial charge in [-0.05, 0) is 30.3 Å². The zero-order valence-electron chi connectivity index (χ0n) is 9.64. The van der Waals surface area contributed by atoms with Crippen molar-refractivity contribution in [2.45, 2.75) is 10.8 Å². The van der Waals surface area contributed by atoms with Crippen molar-refractivity contribution >= 4 is 17.7 Å². The van der Waals surface area contributed by atoms with Gasteiger partial charge in [0.25, 0.3) is 0 Å². The van der Waals surface area contributed by atoms with Crippen molar-refractivity contribution in [3.05, 3.63) is 59.3 Å². The lowest BCUT2D eigenvalue weighted by Crippen LogP contribution is -2.00. The molecule has 0 atom stereocenters. The third-order valence-corrected chi connectivity index (χ3v) is 3.43. The van der Waals surface area contributed by atoms with Crippen molar-refractivity contribution < 1.29 is 18.7 Å². The van der Waals surface area contributed by atoms with Gasteiger partial charge in [-0.25, -0.2) is 18.6 Å². The fraction of sp³-hybridized carbons (Fsp3) is 0.0769. The average Bonchev–Trinajstić information content (AvgIpc) is 2.40. The molecule has 0 unspecified atom stereocenters. The molecular weight excluding hydrogens is 272 g/mol. The highest BCUT2D eigenvalue weighted by Crippen LogP contribution is 2.25. The minimum absolute atomic E-state index is 0.0457. The summed E-state index contributed by atoms with van der Waals surface area (Å²) in [6.07, 6.45) is 1.46. The maximum atomic E-state index is 13.4. The smallest absolute Gasteiger partial charge is 0.338 e. The van der Waals surface area contributed by atoms with E-state index in [0.29, 0.717) is 0 Å². The summed E-state index contributed by atoms with van der Waals surface area (Å²) >= 11 is 1.05. The third kappa shape index (κ3) is 3.29. The van der Waals surface area contributed by atoms with Crippen LogP contribution in [0.5, 0.6) is 0 Å². The van der Waals surface area contributed by atoms with E-state index in [1.54, 1.807) is 0 Å². The van der Waals surface area contributed by atoms with Crippen LogP contribution in [0.25, 0.3) is 0 Å². The minimum atomic E-state index is -1.10. The quantitative estimate of drug-likeness (QED) is 0.873. The number of aromatic carboxylic acids is 1. The molecular formula is C13H9F2NO2S. The molecule has 2 rings (SSSR count). The molecule has 1 aromatic heterocycles. The summed E-state index contributed by atoms with van der Waals surface area (Å²) in [4.78, 5) is 14.9. The van der Waals surface area contributed by atoms with Gasteiger partial charge in [-0.1, -0.05) is 0 Å². The highest BCUT2D eigenvalue weighted by atomic mass is 32.2. The van der Waals surface area contributed by atoms with Crippen LogP contribution in [-0.2, 0) is 5.75 Å². The summed E-state index contributed by atoms with van der Waals surface area (Å²) in [5.74, 6) is -2.05.